The number of rotatable bonds is 11. The van der Waals surface area contributed by atoms with Gasteiger partial charge in [0.2, 0.25) is 17.7 Å². The van der Waals surface area contributed by atoms with E-state index in [-0.39, 0.29) is 5.91 Å². The lowest BCUT2D eigenvalue weighted by Gasteiger charge is -2.26. The second kappa shape index (κ2) is 23.1. The number of anilines is 4. The smallest absolute Gasteiger partial charge is 0.309 e. The standard InChI is InChI=1S/C32H31N9O2.C26H25N7O2.C6H8N2O/c1-32(31(42)37-25-5-7-29(43-3)35-16-25)11-22-17-40(18-23(22)12-32)28-6-4-20(14-34-28)26-10-21(27-8-9-39(2)38-27)19-41-30(26)24(13-33)15-36-41;1-26(25(34)35)8-18-13-32(14-19(18)9-26)23-4-3-16(11-28-23)21-7-17(22-5-6-31(2)30-22)15-33-24(21)20(10-27)12-29-33;1-9-6-3-2-5(7)4-8-6/h4-10,14-16,19,22-23H,11-12,17-18H2,1-3H3,(H,37,42);3-7,11-12,15,18-19H,8-9,13-14H2,1-2H3,(H,34,35);2-4H,7H2,1H3/t22-,23+,32?;18-,19+,26?;. The molecule has 10 aromatic heterocycles. The van der Waals surface area contributed by atoms with Crippen molar-refractivity contribution in [2.24, 2.45) is 48.6 Å². The molecule has 0 spiro atoms. The summed E-state index contributed by atoms with van der Waals surface area (Å²) in [6.45, 7) is 7.34. The minimum Gasteiger partial charge on any atom is -0.481 e. The number of carbonyl (C=O) groups excluding carboxylic acids is 1. The molecule has 23 nitrogen and oxygen atoms in total. The van der Waals surface area contributed by atoms with E-state index in [2.05, 4.69) is 70.6 Å². The molecule has 4 N–H and O–H groups in total. The number of aryl methyl sites for hydroxylation is 2. The van der Waals surface area contributed by atoms with Gasteiger partial charge in [0.25, 0.3) is 0 Å². The Morgan fingerprint density at radius 2 is 1.06 bits per heavy atom. The van der Waals surface area contributed by atoms with Gasteiger partial charge < -0.3 is 35.4 Å². The number of nitriles is 2. The summed E-state index contributed by atoms with van der Waals surface area (Å²) in [4.78, 5) is 47.2. The molecule has 0 aromatic carbocycles. The fraction of sp³-hybridized carbons (Fsp3) is 0.312. The molecule has 2 aliphatic heterocycles. The average molecular weight is 1170 g/mol. The Morgan fingerprint density at radius 3 is 1.43 bits per heavy atom. The second-order valence-corrected chi connectivity index (χ2v) is 23.5. The normalized spacial score (nSPS) is 20.8. The molecule has 2 saturated carbocycles. The molecule has 2 unspecified atom stereocenters. The Labute approximate surface area is 501 Å². The molecular formula is C64H64N18O5. The van der Waals surface area contributed by atoms with Crippen LogP contribution in [0.4, 0.5) is 23.0 Å². The van der Waals surface area contributed by atoms with Crippen molar-refractivity contribution in [3.63, 3.8) is 0 Å². The highest BCUT2D eigenvalue weighted by molar-refractivity contribution is 5.95. The van der Waals surface area contributed by atoms with E-state index in [4.69, 9.17) is 25.2 Å². The van der Waals surface area contributed by atoms with E-state index in [9.17, 15) is 25.2 Å². The third-order valence-corrected chi connectivity index (χ3v) is 17.5. The first-order valence-corrected chi connectivity index (χ1v) is 28.6. The zero-order valence-corrected chi connectivity index (χ0v) is 49.0. The number of amides is 1. The number of pyridine rings is 6. The van der Waals surface area contributed by atoms with Gasteiger partial charge in [-0.2, -0.15) is 30.9 Å². The highest BCUT2D eigenvalue weighted by Crippen LogP contribution is 2.51. The van der Waals surface area contributed by atoms with E-state index in [1.165, 1.54) is 0 Å². The van der Waals surface area contributed by atoms with Crippen molar-refractivity contribution in [1.29, 1.82) is 10.5 Å². The Hall–Kier alpha value is -10.7. The molecule has 6 atom stereocenters. The summed E-state index contributed by atoms with van der Waals surface area (Å²) in [5.74, 6) is 3.89. The monoisotopic (exact) mass is 1160 g/mol. The van der Waals surface area contributed by atoms with Gasteiger partial charge in [0, 0.05) is 128 Å². The molecule has 12 heterocycles. The Kier molecular flexibility index (Phi) is 15.1. The first-order chi connectivity index (χ1) is 42.0. The number of nitrogen functional groups attached to an aromatic ring is 1. The predicted molar refractivity (Wildman–Crippen MR) is 326 cm³/mol. The quantitative estimate of drug-likeness (QED) is 0.109. The summed E-state index contributed by atoms with van der Waals surface area (Å²) in [5, 5.41) is 49.9. The molecule has 4 fully saturated rings. The van der Waals surface area contributed by atoms with Gasteiger partial charge in [-0.1, -0.05) is 6.92 Å². The van der Waals surface area contributed by atoms with Gasteiger partial charge in [-0.05, 0) is 117 Å². The number of methoxy groups -OCH3 is 2. The lowest BCUT2D eigenvalue weighted by atomic mass is 9.85. The van der Waals surface area contributed by atoms with E-state index >= 15 is 0 Å². The molecule has 0 radical (unpaired) electrons. The van der Waals surface area contributed by atoms with Crippen molar-refractivity contribution in [2.75, 3.05) is 61.2 Å². The number of hydrogen-bond acceptors (Lipinski definition) is 17. The van der Waals surface area contributed by atoms with Crippen LogP contribution in [0.5, 0.6) is 11.8 Å². The van der Waals surface area contributed by atoms with Gasteiger partial charge in [0.15, 0.2) is 0 Å². The number of aromatic nitrogens is 12. The van der Waals surface area contributed by atoms with Gasteiger partial charge in [-0.25, -0.2) is 29.0 Å². The zero-order chi connectivity index (χ0) is 60.7. The molecule has 14 rings (SSSR count). The molecular weight excluding hydrogens is 1100 g/mol. The molecule has 1 amide bonds. The molecule has 4 aliphatic rings. The zero-order valence-electron chi connectivity index (χ0n) is 49.0. The van der Waals surface area contributed by atoms with Crippen LogP contribution in [0.25, 0.3) is 55.8 Å². The number of carbonyl (C=O) groups is 2. The fourth-order valence-electron chi connectivity index (χ4n) is 13.1. The largest absolute Gasteiger partial charge is 0.481 e. The van der Waals surface area contributed by atoms with Gasteiger partial charge >= 0.3 is 5.97 Å². The minimum atomic E-state index is -0.684. The van der Waals surface area contributed by atoms with Crippen LogP contribution in [0.2, 0.25) is 0 Å². The number of nitrogens with zero attached hydrogens (tertiary/aromatic N) is 16. The Bertz CT molecular complexity index is 4240. The van der Waals surface area contributed by atoms with Gasteiger partial charge in [-0.3, -0.25) is 19.0 Å². The molecule has 2 saturated heterocycles. The van der Waals surface area contributed by atoms with E-state index in [1.807, 2.05) is 107 Å². The van der Waals surface area contributed by atoms with Crippen molar-refractivity contribution in [3.8, 4) is 68.7 Å². The number of carboxylic acids is 1. The van der Waals surface area contributed by atoms with Crippen LogP contribution in [-0.4, -0.2) is 116 Å². The second-order valence-electron chi connectivity index (χ2n) is 23.5. The maximum absolute atomic E-state index is 13.3. The van der Waals surface area contributed by atoms with Crippen molar-refractivity contribution in [3.05, 3.63) is 146 Å². The van der Waals surface area contributed by atoms with Crippen LogP contribution in [0.15, 0.2) is 135 Å². The van der Waals surface area contributed by atoms with Gasteiger partial charge in [-0.15, -0.1) is 0 Å². The van der Waals surface area contributed by atoms with Crippen LogP contribution < -0.4 is 30.3 Å². The van der Waals surface area contributed by atoms with Crippen LogP contribution >= 0.6 is 0 Å². The van der Waals surface area contributed by atoms with Crippen molar-refractivity contribution in [2.45, 2.75) is 39.5 Å². The van der Waals surface area contributed by atoms with Crippen molar-refractivity contribution in [1.82, 2.24) is 58.7 Å². The first kappa shape index (κ1) is 56.8. The highest BCUT2D eigenvalue weighted by atomic mass is 16.5. The molecule has 23 heteroatoms. The lowest BCUT2D eigenvalue weighted by Crippen LogP contribution is -2.34. The highest BCUT2D eigenvalue weighted by Gasteiger charge is 2.52. The average Bonchev–Trinajstić information content (AvgIpc) is 2.54. The number of aliphatic carboxylic acids is 1. The van der Waals surface area contributed by atoms with E-state index < -0.39 is 16.8 Å². The topological polar surface area (TPSA) is 287 Å². The van der Waals surface area contributed by atoms with Gasteiger partial charge in [0.1, 0.15) is 23.8 Å². The van der Waals surface area contributed by atoms with Gasteiger partial charge in [0.05, 0.1) is 89.3 Å². The Balaban J connectivity index is 0.000000151. The summed E-state index contributed by atoms with van der Waals surface area (Å²) in [6.07, 6.45) is 20.7. The van der Waals surface area contributed by atoms with Crippen LogP contribution in [-0.2, 0) is 23.7 Å². The summed E-state index contributed by atoms with van der Waals surface area (Å²) in [5.41, 5.74) is 15.2. The SMILES string of the molecule is COc1ccc(N)cn1.COc1ccc(NC(=O)C2(C)C[C@H]3CN(c4ccc(-c5cc(-c6ccn(C)n6)cn6ncc(C#N)c56)cn4)C[C@H]3C2)cn1.Cn1ccc(-c2cc(-c3ccc(N4C[C@@H]5CC(C)(C(=O)O)C[C@@H]5C4)nc3)c3c(C#N)cnn3c2)n1. The number of hydrogen-bond donors (Lipinski definition) is 3. The van der Waals surface area contributed by atoms with Crippen LogP contribution in [0, 0.1) is 57.2 Å². The fourth-order valence-corrected chi connectivity index (χ4v) is 13.1. The number of nitrogens with one attached hydrogen (secondary N) is 1. The number of fused-ring (bicyclic) bond motifs is 4. The van der Waals surface area contributed by atoms with Crippen molar-refractivity contribution < 1.29 is 24.2 Å². The molecule has 2 aliphatic carbocycles. The van der Waals surface area contributed by atoms with E-state index in [0.29, 0.717) is 57.9 Å². The van der Waals surface area contributed by atoms with Crippen LogP contribution in [0.3, 0.4) is 0 Å². The number of carboxylic acid groups (broad SMARTS) is 1. The van der Waals surface area contributed by atoms with Crippen LogP contribution in [0.1, 0.15) is 50.7 Å². The van der Waals surface area contributed by atoms with E-state index in [0.717, 1.165) is 119 Å². The van der Waals surface area contributed by atoms with E-state index in [1.54, 1.807) is 75.6 Å². The summed E-state index contributed by atoms with van der Waals surface area (Å²) < 4.78 is 16.9. The maximum atomic E-state index is 13.3. The summed E-state index contributed by atoms with van der Waals surface area (Å²) >= 11 is 0. The molecule has 0 bridgehead atoms. The minimum absolute atomic E-state index is 0.0405. The number of ether oxygens (including phenoxy) is 2. The summed E-state index contributed by atoms with van der Waals surface area (Å²) in [6, 6.07) is 27.7. The Morgan fingerprint density at radius 1 is 0.598 bits per heavy atom. The molecule has 440 valence electrons. The summed E-state index contributed by atoms with van der Waals surface area (Å²) in [7, 11) is 6.90. The third-order valence-electron chi connectivity index (χ3n) is 17.5. The van der Waals surface area contributed by atoms with Crippen molar-refractivity contribution >= 4 is 45.9 Å². The third kappa shape index (κ3) is 11.3. The first-order valence-electron chi connectivity index (χ1n) is 28.6. The maximum Gasteiger partial charge on any atom is 0.309 e. The number of nitrogens with two attached hydrogens (primary N) is 1. The molecule has 10 aromatic rings. The lowest BCUT2D eigenvalue weighted by molar-refractivity contribution is -0.147. The predicted octanol–water partition coefficient (Wildman–Crippen LogP) is 8.84. The molecule has 87 heavy (non-hydrogen) atoms.